The van der Waals surface area contributed by atoms with Crippen molar-refractivity contribution in [2.45, 2.75) is 25.7 Å². The van der Waals surface area contributed by atoms with Crippen LogP contribution >= 0.6 is 31.9 Å². The highest BCUT2D eigenvalue weighted by Crippen LogP contribution is 2.32. The highest BCUT2D eigenvalue weighted by Gasteiger charge is 2.12. The Balaban J connectivity index is 1.97. The van der Waals surface area contributed by atoms with Gasteiger partial charge in [-0.1, -0.05) is 28.1 Å². The molecule has 1 N–H and O–H groups in total. The predicted octanol–water partition coefficient (Wildman–Crippen LogP) is 5.55. The molecule has 1 aliphatic rings. The van der Waals surface area contributed by atoms with Crippen LogP contribution in [0.5, 0.6) is 5.75 Å². The number of aliphatic imine (C=N–C) groups is 1. The molecule has 0 radical (unpaired) electrons. The number of phenols is 1. The van der Waals surface area contributed by atoms with Crippen molar-refractivity contribution in [3.05, 3.63) is 56.0 Å². The molecule has 2 aromatic carbocycles. The van der Waals surface area contributed by atoms with Crippen LogP contribution in [-0.4, -0.2) is 11.3 Å². The predicted molar refractivity (Wildman–Crippen MR) is 93.8 cm³/mol. The van der Waals surface area contributed by atoms with Crippen LogP contribution in [0, 0.1) is 0 Å². The summed E-state index contributed by atoms with van der Waals surface area (Å²) in [6.45, 7) is 0. The summed E-state index contributed by atoms with van der Waals surface area (Å²) in [6.07, 6.45) is 6.46. The van der Waals surface area contributed by atoms with Gasteiger partial charge in [-0.3, -0.25) is 4.99 Å². The third-order valence-corrected chi connectivity index (χ3v) is 4.83. The number of phenolic OH excluding ortho intramolecular Hbond substituents is 1. The van der Waals surface area contributed by atoms with Crippen molar-refractivity contribution < 1.29 is 5.11 Å². The van der Waals surface area contributed by atoms with Gasteiger partial charge in [0.1, 0.15) is 5.75 Å². The van der Waals surface area contributed by atoms with Crippen LogP contribution in [0.15, 0.2) is 44.3 Å². The van der Waals surface area contributed by atoms with E-state index in [9.17, 15) is 5.11 Å². The van der Waals surface area contributed by atoms with Gasteiger partial charge < -0.3 is 5.11 Å². The minimum atomic E-state index is 0.215. The van der Waals surface area contributed by atoms with Gasteiger partial charge in [-0.15, -0.1) is 0 Å². The summed E-state index contributed by atoms with van der Waals surface area (Å²) in [5.74, 6) is 0.215. The maximum absolute atomic E-state index is 10.1. The first-order valence-corrected chi connectivity index (χ1v) is 8.56. The van der Waals surface area contributed by atoms with Crippen LogP contribution in [0.25, 0.3) is 0 Å². The van der Waals surface area contributed by atoms with Gasteiger partial charge in [-0.2, -0.15) is 0 Å². The fourth-order valence-electron chi connectivity index (χ4n) is 2.71. The number of hydrogen-bond donors (Lipinski definition) is 1. The third-order valence-electron chi connectivity index (χ3n) is 3.77. The fraction of sp³-hybridized carbons (Fsp3) is 0.235. The molecular weight excluding hydrogens is 394 g/mol. The van der Waals surface area contributed by atoms with E-state index < -0.39 is 0 Å². The smallest absolute Gasteiger partial charge is 0.138 e. The number of aromatic hydroxyl groups is 1. The number of fused-ring (bicyclic) bond motifs is 1. The molecule has 0 aromatic heterocycles. The molecule has 0 saturated heterocycles. The van der Waals surface area contributed by atoms with Crippen molar-refractivity contribution in [3.63, 3.8) is 0 Å². The van der Waals surface area contributed by atoms with E-state index in [-0.39, 0.29) is 5.75 Å². The standard InChI is InChI=1S/C17H15Br2NO/c18-13-8-12(17(21)15(19)9-13)10-20-16-7-3-5-11-4-1-2-6-14(11)16/h3,5,7-10,21H,1-2,4,6H2. The molecule has 0 saturated carbocycles. The maximum atomic E-state index is 10.1. The highest BCUT2D eigenvalue weighted by atomic mass is 79.9. The van der Waals surface area contributed by atoms with Gasteiger partial charge in [0.15, 0.2) is 0 Å². The van der Waals surface area contributed by atoms with Gasteiger partial charge in [0.25, 0.3) is 0 Å². The first kappa shape index (κ1) is 14.8. The Morgan fingerprint density at radius 2 is 1.90 bits per heavy atom. The van der Waals surface area contributed by atoms with E-state index in [1.54, 1.807) is 6.21 Å². The molecule has 0 unspecified atom stereocenters. The molecule has 0 bridgehead atoms. The van der Waals surface area contributed by atoms with Crippen molar-refractivity contribution in [1.82, 2.24) is 0 Å². The normalized spacial score (nSPS) is 14.4. The largest absolute Gasteiger partial charge is 0.506 e. The van der Waals surface area contributed by atoms with E-state index >= 15 is 0 Å². The van der Waals surface area contributed by atoms with Crippen LogP contribution < -0.4 is 0 Å². The van der Waals surface area contributed by atoms with Gasteiger partial charge >= 0.3 is 0 Å². The summed E-state index contributed by atoms with van der Waals surface area (Å²) < 4.78 is 1.57. The first-order chi connectivity index (χ1) is 10.1. The Bertz CT molecular complexity index is 710. The molecule has 0 aliphatic heterocycles. The summed E-state index contributed by atoms with van der Waals surface area (Å²) in [6, 6.07) is 9.98. The molecule has 0 heterocycles. The van der Waals surface area contributed by atoms with Crippen LogP contribution in [0.1, 0.15) is 29.5 Å². The molecule has 21 heavy (non-hydrogen) atoms. The zero-order chi connectivity index (χ0) is 14.8. The molecule has 4 heteroatoms. The van der Waals surface area contributed by atoms with Crippen molar-refractivity contribution in [1.29, 1.82) is 0 Å². The first-order valence-electron chi connectivity index (χ1n) is 6.98. The number of hydrogen-bond acceptors (Lipinski definition) is 2. The molecule has 0 fully saturated rings. The Morgan fingerprint density at radius 1 is 1.10 bits per heavy atom. The van der Waals surface area contributed by atoms with Crippen LogP contribution in [0.3, 0.4) is 0 Å². The van der Waals surface area contributed by atoms with Gasteiger partial charge in [0.2, 0.25) is 0 Å². The van der Waals surface area contributed by atoms with Crippen molar-refractivity contribution in [3.8, 4) is 5.75 Å². The lowest BCUT2D eigenvalue weighted by atomic mass is 9.90. The zero-order valence-electron chi connectivity index (χ0n) is 11.4. The minimum Gasteiger partial charge on any atom is -0.506 e. The van der Waals surface area contributed by atoms with E-state index in [0.29, 0.717) is 10.0 Å². The molecule has 2 aromatic rings. The molecule has 108 valence electrons. The highest BCUT2D eigenvalue weighted by molar-refractivity contribution is 9.11. The molecule has 0 amide bonds. The lowest BCUT2D eigenvalue weighted by molar-refractivity contribution is 0.471. The summed E-state index contributed by atoms with van der Waals surface area (Å²) >= 11 is 6.77. The number of halogens is 2. The van der Waals surface area contributed by atoms with E-state index in [2.05, 4.69) is 49.0 Å². The van der Waals surface area contributed by atoms with Crippen LogP contribution in [-0.2, 0) is 12.8 Å². The number of nitrogens with zero attached hydrogens (tertiary/aromatic N) is 1. The fourth-order valence-corrected chi connectivity index (χ4v) is 3.96. The lowest BCUT2D eigenvalue weighted by Crippen LogP contribution is -2.02. The second kappa shape index (κ2) is 6.32. The third kappa shape index (κ3) is 3.22. The molecule has 1 aliphatic carbocycles. The minimum absolute atomic E-state index is 0.215. The Hall–Kier alpha value is -1.13. The molecule has 3 rings (SSSR count). The summed E-state index contributed by atoms with van der Waals surface area (Å²) in [7, 11) is 0. The molecule has 0 atom stereocenters. The van der Waals surface area contributed by atoms with Gasteiger partial charge in [-0.05, 0) is 70.9 Å². The summed E-state index contributed by atoms with van der Waals surface area (Å²) in [4.78, 5) is 4.61. The van der Waals surface area contributed by atoms with Gasteiger partial charge in [0, 0.05) is 16.3 Å². The zero-order valence-corrected chi connectivity index (χ0v) is 14.6. The SMILES string of the molecule is Oc1c(Br)cc(Br)cc1C=Nc1cccc2c1CCCC2. The quantitative estimate of drug-likeness (QED) is 0.649. The second-order valence-electron chi connectivity index (χ2n) is 5.21. The molecule has 2 nitrogen and oxygen atoms in total. The van der Waals surface area contributed by atoms with Crippen LogP contribution in [0.2, 0.25) is 0 Å². The summed E-state index contributed by atoms with van der Waals surface area (Å²) in [5.41, 5.74) is 4.48. The van der Waals surface area contributed by atoms with E-state index in [1.807, 2.05) is 18.2 Å². The van der Waals surface area contributed by atoms with Crippen molar-refractivity contribution >= 4 is 43.8 Å². The Kier molecular flexibility index (Phi) is 4.45. The van der Waals surface area contributed by atoms with Crippen molar-refractivity contribution in [2.75, 3.05) is 0 Å². The average Bonchev–Trinajstić information content (AvgIpc) is 2.49. The second-order valence-corrected chi connectivity index (χ2v) is 6.98. The topological polar surface area (TPSA) is 32.6 Å². The summed E-state index contributed by atoms with van der Waals surface area (Å²) in [5, 5.41) is 10.1. The number of aryl methyl sites for hydroxylation is 1. The number of benzene rings is 2. The Morgan fingerprint density at radius 3 is 2.76 bits per heavy atom. The van der Waals surface area contributed by atoms with E-state index in [1.165, 1.54) is 24.0 Å². The monoisotopic (exact) mass is 407 g/mol. The van der Waals surface area contributed by atoms with Crippen LogP contribution in [0.4, 0.5) is 5.69 Å². The lowest BCUT2D eigenvalue weighted by Gasteiger charge is -2.17. The van der Waals surface area contributed by atoms with E-state index in [0.717, 1.165) is 23.0 Å². The average molecular weight is 409 g/mol. The Labute approximate surface area is 141 Å². The molecular formula is C17H15Br2NO. The van der Waals surface area contributed by atoms with Gasteiger partial charge in [-0.25, -0.2) is 0 Å². The number of rotatable bonds is 2. The van der Waals surface area contributed by atoms with Gasteiger partial charge in [0.05, 0.1) is 10.2 Å². The van der Waals surface area contributed by atoms with Crippen molar-refractivity contribution in [2.24, 2.45) is 4.99 Å². The van der Waals surface area contributed by atoms with E-state index in [4.69, 9.17) is 0 Å². The maximum Gasteiger partial charge on any atom is 0.138 e. The molecule has 0 spiro atoms.